The molecule has 0 saturated heterocycles. The molecule has 0 atom stereocenters. The Bertz CT molecular complexity index is 84.3. The number of unbranched alkanes of at least 4 members (excludes halogenated alkanes) is 1. The standard InChI is InChI=1S/C5H10O3Si/c6-5(7)3-1-2-4-9-8/h8H,1-4H2,(H,6,7). The van der Waals surface area contributed by atoms with Crippen LogP contribution in [0.1, 0.15) is 19.3 Å². The second kappa shape index (κ2) is 5.78. The lowest BCUT2D eigenvalue weighted by atomic mass is 10.2. The van der Waals surface area contributed by atoms with Gasteiger partial charge >= 0.3 is 5.97 Å². The average Bonchev–Trinajstić information content (AvgIpc) is 1.80. The van der Waals surface area contributed by atoms with Crippen molar-refractivity contribution in [2.24, 2.45) is 0 Å². The van der Waals surface area contributed by atoms with Gasteiger partial charge < -0.3 is 9.90 Å². The zero-order valence-electron chi connectivity index (χ0n) is 5.13. The van der Waals surface area contributed by atoms with Crippen LogP contribution < -0.4 is 0 Å². The Balaban J connectivity index is 2.83. The maximum atomic E-state index is 9.90. The van der Waals surface area contributed by atoms with Crippen LogP contribution in [-0.2, 0) is 4.79 Å². The number of hydrogen-bond acceptors (Lipinski definition) is 2. The Morgan fingerprint density at radius 3 is 2.56 bits per heavy atom. The van der Waals surface area contributed by atoms with Crippen molar-refractivity contribution in [2.75, 3.05) is 0 Å². The van der Waals surface area contributed by atoms with Crippen LogP contribution in [0.15, 0.2) is 0 Å². The van der Waals surface area contributed by atoms with Crippen LogP contribution in [0.2, 0.25) is 6.04 Å². The molecule has 4 heteroatoms. The van der Waals surface area contributed by atoms with Gasteiger partial charge in [0.1, 0.15) is 0 Å². The first kappa shape index (κ1) is 8.65. The van der Waals surface area contributed by atoms with Gasteiger partial charge in [-0.25, -0.2) is 0 Å². The SMILES string of the molecule is O=C(O)CCCC[Si]O. The van der Waals surface area contributed by atoms with E-state index in [9.17, 15) is 4.79 Å². The molecule has 0 fully saturated rings. The molecule has 0 aliphatic heterocycles. The van der Waals surface area contributed by atoms with Gasteiger partial charge in [-0.2, -0.15) is 0 Å². The number of carboxylic acids is 1. The highest BCUT2D eigenvalue weighted by molar-refractivity contribution is 6.25. The van der Waals surface area contributed by atoms with Crippen molar-refractivity contribution in [3.8, 4) is 0 Å². The quantitative estimate of drug-likeness (QED) is 0.432. The molecule has 3 nitrogen and oxygen atoms in total. The fraction of sp³-hybridized carbons (Fsp3) is 0.800. The zero-order chi connectivity index (χ0) is 7.11. The molecule has 0 aromatic carbocycles. The summed E-state index contributed by atoms with van der Waals surface area (Å²) in [5.41, 5.74) is 0. The number of carbonyl (C=O) groups is 1. The molecule has 0 unspecified atom stereocenters. The maximum Gasteiger partial charge on any atom is 0.303 e. The summed E-state index contributed by atoms with van der Waals surface area (Å²) in [6.07, 6.45) is 1.73. The summed E-state index contributed by atoms with van der Waals surface area (Å²) >= 11 is 0. The van der Waals surface area contributed by atoms with Gasteiger partial charge in [-0.15, -0.1) is 0 Å². The lowest BCUT2D eigenvalue weighted by Crippen LogP contribution is -1.94. The second-order valence-corrected chi connectivity index (χ2v) is 2.58. The molecule has 0 heterocycles. The second-order valence-electron chi connectivity index (χ2n) is 1.76. The fourth-order valence-corrected chi connectivity index (χ4v) is 0.888. The van der Waals surface area contributed by atoms with Crippen molar-refractivity contribution in [3.63, 3.8) is 0 Å². The minimum Gasteiger partial charge on any atom is -0.481 e. The summed E-state index contributed by atoms with van der Waals surface area (Å²) in [5.74, 6) is -0.753. The smallest absolute Gasteiger partial charge is 0.303 e. The van der Waals surface area contributed by atoms with Gasteiger partial charge in [-0.1, -0.05) is 6.42 Å². The number of hydrogen-bond donors (Lipinski definition) is 2. The minimum absolute atomic E-state index is 0.0317. The molecule has 52 valence electrons. The van der Waals surface area contributed by atoms with E-state index in [2.05, 4.69) is 0 Å². The molecule has 0 aliphatic carbocycles. The van der Waals surface area contributed by atoms with Gasteiger partial charge in [0.25, 0.3) is 0 Å². The first-order valence-corrected chi connectivity index (χ1v) is 4.01. The third kappa shape index (κ3) is 7.65. The Hall–Kier alpha value is -0.353. The molecule has 0 rings (SSSR count). The Labute approximate surface area is 56.6 Å². The number of carboxylic acid groups (broad SMARTS) is 1. The van der Waals surface area contributed by atoms with Crippen LogP contribution in [0, 0.1) is 0 Å². The Morgan fingerprint density at radius 2 is 2.11 bits per heavy atom. The normalized spacial score (nSPS) is 9.44. The molecule has 2 N–H and O–H groups in total. The Kier molecular flexibility index (Phi) is 5.55. The summed E-state index contributed by atoms with van der Waals surface area (Å²) in [6, 6.07) is 0.743. The lowest BCUT2D eigenvalue weighted by Gasteiger charge is -1.91. The van der Waals surface area contributed by atoms with Crippen molar-refractivity contribution in [1.82, 2.24) is 0 Å². The number of rotatable bonds is 5. The molecule has 2 radical (unpaired) electrons. The van der Waals surface area contributed by atoms with Crippen LogP contribution >= 0.6 is 0 Å². The van der Waals surface area contributed by atoms with Crippen LogP contribution in [0.5, 0.6) is 0 Å². The van der Waals surface area contributed by atoms with E-state index in [4.69, 9.17) is 9.90 Å². The molecular formula is C5H10O3Si. The predicted molar refractivity (Wildman–Crippen MR) is 34.3 cm³/mol. The van der Waals surface area contributed by atoms with E-state index in [0.29, 0.717) is 6.42 Å². The molecule has 9 heavy (non-hydrogen) atoms. The highest BCUT2D eigenvalue weighted by Crippen LogP contribution is 1.97. The largest absolute Gasteiger partial charge is 0.481 e. The van der Waals surface area contributed by atoms with E-state index in [-0.39, 0.29) is 16.2 Å². The lowest BCUT2D eigenvalue weighted by molar-refractivity contribution is -0.137. The summed E-state index contributed by atoms with van der Waals surface area (Å²) < 4.78 is 0. The third-order valence-electron chi connectivity index (χ3n) is 0.929. The number of aliphatic carboxylic acids is 1. The fourth-order valence-electron chi connectivity index (χ4n) is 0.480. The summed E-state index contributed by atoms with van der Waals surface area (Å²) in [6.45, 7) is 0. The van der Waals surface area contributed by atoms with Gasteiger partial charge in [0.15, 0.2) is 0 Å². The van der Waals surface area contributed by atoms with Gasteiger partial charge in [0.2, 0.25) is 9.76 Å². The monoisotopic (exact) mass is 146 g/mol. The van der Waals surface area contributed by atoms with Crippen molar-refractivity contribution >= 4 is 15.7 Å². The minimum atomic E-state index is -0.753. The van der Waals surface area contributed by atoms with Gasteiger partial charge in [-0.05, 0) is 12.5 Å². The van der Waals surface area contributed by atoms with Crippen LogP contribution in [0.25, 0.3) is 0 Å². The maximum absolute atomic E-state index is 9.90. The van der Waals surface area contributed by atoms with E-state index in [0.717, 1.165) is 12.5 Å². The van der Waals surface area contributed by atoms with Crippen LogP contribution in [-0.4, -0.2) is 25.6 Å². The van der Waals surface area contributed by atoms with Crippen molar-refractivity contribution in [1.29, 1.82) is 0 Å². The summed E-state index contributed by atoms with van der Waals surface area (Å²) in [7, 11) is -0.0317. The highest BCUT2D eigenvalue weighted by Gasteiger charge is 1.94. The van der Waals surface area contributed by atoms with E-state index in [1.165, 1.54) is 0 Å². The van der Waals surface area contributed by atoms with E-state index < -0.39 is 5.97 Å². The summed E-state index contributed by atoms with van der Waals surface area (Å²) in [5, 5.41) is 8.15. The predicted octanol–water partition coefficient (Wildman–Crippen LogP) is 0.271. The van der Waals surface area contributed by atoms with E-state index in [1.54, 1.807) is 0 Å². The zero-order valence-corrected chi connectivity index (χ0v) is 6.13. The van der Waals surface area contributed by atoms with Crippen LogP contribution in [0.3, 0.4) is 0 Å². The molecule has 0 amide bonds. The molecule has 0 saturated carbocycles. The molecule has 0 aliphatic rings. The average molecular weight is 146 g/mol. The summed E-state index contributed by atoms with van der Waals surface area (Å²) in [4.78, 5) is 18.2. The highest BCUT2D eigenvalue weighted by atomic mass is 28.2. The first-order valence-electron chi connectivity index (χ1n) is 2.86. The van der Waals surface area contributed by atoms with E-state index in [1.807, 2.05) is 0 Å². The molecular weight excluding hydrogens is 136 g/mol. The van der Waals surface area contributed by atoms with Gasteiger partial charge in [0.05, 0.1) is 0 Å². The third-order valence-corrected chi connectivity index (χ3v) is 1.51. The van der Waals surface area contributed by atoms with Crippen molar-refractivity contribution in [2.45, 2.75) is 25.3 Å². The molecule has 0 spiro atoms. The molecule has 0 bridgehead atoms. The Morgan fingerprint density at radius 1 is 1.44 bits per heavy atom. The van der Waals surface area contributed by atoms with Crippen LogP contribution in [0.4, 0.5) is 0 Å². The molecule has 0 aromatic rings. The topological polar surface area (TPSA) is 57.5 Å². The van der Waals surface area contributed by atoms with E-state index >= 15 is 0 Å². The van der Waals surface area contributed by atoms with Gasteiger partial charge in [0, 0.05) is 6.42 Å². The molecule has 0 aromatic heterocycles. The van der Waals surface area contributed by atoms with Gasteiger partial charge in [-0.3, -0.25) is 4.79 Å². The van der Waals surface area contributed by atoms with Crippen molar-refractivity contribution < 1.29 is 14.7 Å². The first-order chi connectivity index (χ1) is 4.27. The van der Waals surface area contributed by atoms with Crippen molar-refractivity contribution in [3.05, 3.63) is 0 Å².